The molecule has 1 atom stereocenters. The highest BCUT2D eigenvalue weighted by molar-refractivity contribution is 5.81. The van der Waals surface area contributed by atoms with Crippen molar-refractivity contribution in [3.63, 3.8) is 0 Å². The van der Waals surface area contributed by atoms with Gasteiger partial charge in [-0.1, -0.05) is 6.07 Å². The predicted molar refractivity (Wildman–Crippen MR) is 69.5 cm³/mol. The monoisotopic (exact) mass is 281 g/mol. The van der Waals surface area contributed by atoms with Gasteiger partial charge in [0.1, 0.15) is 5.82 Å². The summed E-state index contributed by atoms with van der Waals surface area (Å²) in [5, 5.41) is 3.89. The minimum atomic E-state index is -4.35. The molecule has 0 aliphatic carbocycles. The minimum Gasteiger partial charge on any atom is -0.316 e. The third-order valence-electron chi connectivity index (χ3n) is 3.66. The number of aryl methyl sites for hydroxylation is 1. The van der Waals surface area contributed by atoms with Crippen LogP contribution in [0.5, 0.6) is 0 Å². The Labute approximate surface area is 114 Å². The molecule has 6 heteroatoms. The van der Waals surface area contributed by atoms with E-state index in [1.54, 1.807) is 0 Å². The van der Waals surface area contributed by atoms with Crippen LogP contribution in [-0.4, -0.2) is 23.1 Å². The third kappa shape index (κ3) is 2.35. The zero-order chi connectivity index (χ0) is 14.3. The summed E-state index contributed by atoms with van der Waals surface area (Å²) in [7, 11) is 0. The largest absolute Gasteiger partial charge is 0.416 e. The van der Waals surface area contributed by atoms with E-state index in [9.17, 15) is 13.2 Å². The number of hydrogen-bond donors (Lipinski definition) is 1. The van der Waals surface area contributed by atoms with E-state index in [2.05, 4.69) is 15.3 Å². The molecule has 1 saturated heterocycles. The Morgan fingerprint density at radius 1 is 1.25 bits per heavy atom. The van der Waals surface area contributed by atoms with Crippen LogP contribution in [0.25, 0.3) is 10.9 Å². The van der Waals surface area contributed by atoms with Crippen molar-refractivity contribution in [1.82, 2.24) is 15.3 Å². The number of nitrogens with zero attached hydrogens (tertiary/aromatic N) is 2. The van der Waals surface area contributed by atoms with Gasteiger partial charge in [-0.3, -0.25) is 0 Å². The molecule has 3 nitrogen and oxygen atoms in total. The van der Waals surface area contributed by atoms with Crippen LogP contribution in [0.1, 0.15) is 29.4 Å². The first kappa shape index (κ1) is 13.3. The van der Waals surface area contributed by atoms with Crippen molar-refractivity contribution in [2.45, 2.75) is 25.4 Å². The van der Waals surface area contributed by atoms with Crippen molar-refractivity contribution in [2.75, 3.05) is 13.1 Å². The van der Waals surface area contributed by atoms with Gasteiger partial charge >= 0.3 is 6.18 Å². The van der Waals surface area contributed by atoms with Crippen molar-refractivity contribution in [3.8, 4) is 0 Å². The standard InChI is InChI=1S/C14H14F3N3/c1-8-11-3-2-10(14(15,16)17)6-12(11)20-13(19-8)9-4-5-18-7-9/h2-3,6,9,18H,4-5,7H2,1H3. The molecule has 1 aromatic heterocycles. The van der Waals surface area contributed by atoms with E-state index in [4.69, 9.17) is 0 Å². The fraction of sp³-hybridized carbons (Fsp3) is 0.429. The number of rotatable bonds is 1. The van der Waals surface area contributed by atoms with Gasteiger partial charge in [-0.2, -0.15) is 13.2 Å². The highest BCUT2D eigenvalue weighted by atomic mass is 19.4. The quantitative estimate of drug-likeness (QED) is 0.873. The Morgan fingerprint density at radius 3 is 2.70 bits per heavy atom. The molecule has 0 spiro atoms. The lowest BCUT2D eigenvalue weighted by Gasteiger charge is -2.12. The van der Waals surface area contributed by atoms with Gasteiger partial charge in [0.2, 0.25) is 0 Å². The van der Waals surface area contributed by atoms with Crippen molar-refractivity contribution < 1.29 is 13.2 Å². The maximum absolute atomic E-state index is 12.8. The second-order valence-corrected chi connectivity index (χ2v) is 5.09. The van der Waals surface area contributed by atoms with E-state index >= 15 is 0 Å². The fourth-order valence-corrected chi connectivity index (χ4v) is 2.54. The molecule has 2 heterocycles. The maximum Gasteiger partial charge on any atom is 0.416 e. The molecule has 1 aliphatic heterocycles. The van der Waals surface area contributed by atoms with Crippen LogP contribution in [0.4, 0.5) is 13.2 Å². The van der Waals surface area contributed by atoms with Crippen molar-refractivity contribution in [1.29, 1.82) is 0 Å². The number of fused-ring (bicyclic) bond motifs is 1. The van der Waals surface area contributed by atoms with Gasteiger partial charge in [-0.25, -0.2) is 9.97 Å². The molecule has 1 aliphatic rings. The number of halogens is 3. The predicted octanol–water partition coefficient (Wildman–Crippen LogP) is 3.03. The Bertz CT molecular complexity index is 646. The van der Waals surface area contributed by atoms with Gasteiger partial charge in [-0.15, -0.1) is 0 Å². The summed E-state index contributed by atoms with van der Waals surface area (Å²) in [6, 6.07) is 3.63. The van der Waals surface area contributed by atoms with Crippen molar-refractivity contribution in [3.05, 3.63) is 35.3 Å². The summed E-state index contributed by atoms with van der Waals surface area (Å²) in [6.45, 7) is 3.49. The Hall–Kier alpha value is -1.69. The normalized spacial score (nSPS) is 19.7. The van der Waals surface area contributed by atoms with Crippen LogP contribution in [0.2, 0.25) is 0 Å². The van der Waals surface area contributed by atoms with Crippen LogP contribution in [0, 0.1) is 6.92 Å². The van der Waals surface area contributed by atoms with Gasteiger partial charge in [0.25, 0.3) is 0 Å². The van der Waals surface area contributed by atoms with Gasteiger partial charge in [0.05, 0.1) is 11.1 Å². The molecule has 0 amide bonds. The van der Waals surface area contributed by atoms with E-state index in [-0.39, 0.29) is 5.92 Å². The van der Waals surface area contributed by atoms with Gasteiger partial charge in [0.15, 0.2) is 0 Å². The molecule has 20 heavy (non-hydrogen) atoms. The lowest BCUT2D eigenvalue weighted by Crippen LogP contribution is -2.11. The van der Waals surface area contributed by atoms with Gasteiger partial charge < -0.3 is 5.32 Å². The molecular formula is C14H14F3N3. The highest BCUT2D eigenvalue weighted by Crippen LogP contribution is 2.32. The number of aromatic nitrogens is 2. The zero-order valence-corrected chi connectivity index (χ0v) is 11.0. The summed E-state index contributed by atoms with van der Waals surface area (Å²) in [4.78, 5) is 8.78. The van der Waals surface area contributed by atoms with Gasteiger partial charge in [-0.05, 0) is 32.0 Å². The van der Waals surface area contributed by atoms with E-state index in [0.29, 0.717) is 16.7 Å². The smallest absolute Gasteiger partial charge is 0.316 e. The molecule has 106 valence electrons. The molecule has 3 rings (SSSR count). The van der Waals surface area contributed by atoms with E-state index in [1.165, 1.54) is 6.07 Å². The number of alkyl halides is 3. The average molecular weight is 281 g/mol. The van der Waals surface area contributed by atoms with E-state index < -0.39 is 11.7 Å². The summed E-state index contributed by atoms with van der Waals surface area (Å²) in [5.41, 5.74) is 0.429. The highest BCUT2D eigenvalue weighted by Gasteiger charge is 2.31. The molecule has 0 radical (unpaired) electrons. The first-order chi connectivity index (χ1) is 9.45. The lowest BCUT2D eigenvalue weighted by molar-refractivity contribution is -0.137. The Kier molecular flexibility index (Phi) is 3.12. The number of hydrogen-bond acceptors (Lipinski definition) is 3. The molecule has 0 saturated carbocycles. The maximum atomic E-state index is 12.8. The van der Waals surface area contributed by atoms with Crippen LogP contribution < -0.4 is 5.32 Å². The topological polar surface area (TPSA) is 37.8 Å². The first-order valence-electron chi connectivity index (χ1n) is 6.51. The van der Waals surface area contributed by atoms with Crippen LogP contribution >= 0.6 is 0 Å². The van der Waals surface area contributed by atoms with E-state index in [1.807, 2.05) is 6.92 Å². The van der Waals surface area contributed by atoms with Gasteiger partial charge in [0, 0.05) is 23.5 Å². The number of benzene rings is 1. The average Bonchev–Trinajstić information content (AvgIpc) is 2.90. The SMILES string of the molecule is Cc1nc(C2CCNC2)nc2cc(C(F)(F)F)ccc12. The molecule has 1 unspecified atom stereocenters. The zero-order valence-electron chi connectivity index (χ0n) is 11.0. The molecule has 0 bridgehead atoms. The second kappa shape index (κ2) is 4.70. The molecule has 1 aromatic carbocycles. The molecule has 1 fully saturated rings. The number of nitrogens with one attached hydrogen (secondary N) is 1. The minimum absolute atomic E-state index is 0.188. The van der Waals surface area contributed by atoms with E-state index in [0.717, 1.165) is 37.3 Å². The summed E-state index contributed by atoms with van der Waals surface area (Å²) in [6.07, 6.45) is -3.42. The van der Waals surface area contributed by atoms with Crippen LogP contribution in [0.15, 0.2) is 18.2 Å². The van der Waals surface area contributed by atoms with Crippen LogP contribution in [0.3, 0.4) is 0 Å². The summed E-state index contributed by atoms with van der Waals surface area (Å²) < 4.78 is 38.3. The molecular weight excluding hydrogens is 267 g/mol. The second-order valence-electron chi connectivity index (χ2n) is 5.09. The summed E-state index contributed by atoms with van der Waals surface area (Å²) in [5.74, 6) is 0.826. The first-order valence-corrected chi connectivity index (χ1v) is 6.51. The van der Waals surface area contributed by atoms with Crippen molar-refractivity contribution >= 4 is 10.9 Å². The molecule has 2 aromatic rings. The third-order valence-corrected chi connectivity index (χ3v) is 3.66. The Morgan fingerprint density at radius 2 is 2.05 bits per heavy atom. The fourth-order valence-electron chi connectivity index (χ4n) is 2.54. The van der Waals surface area contributed by atoms with Crippen LogP contribution in [-0.2, 0) is 6.18 Å². The van der Waals surface area contributed by atoms with Crippen molar-refractivity contribution in [2.24, 2.45) is 0 Å². The lowest BCUT2D eigenvalue weighted by atomic mass is 10.1. The summed E-state index contributed by atoms with van der Waals surface area (Å²) >= 11 is 0. The molecule has 1 N–H and O–H groups in total. The Balaban J connectivity index is 2.12.